The van der Waals surface area contributed by atoms with Gasteiger partial charge in [-0.25, -0.2) is 4.79 Å². The fourth-order valence-electron chi connectivity index (χ4n) is 6.13. The molecule has 8 nitrogen and oxygen atoms in total. The summed E-state index contributed by atoms with van der Waals surface area (Å²) in [6, 6.07) is 0. The van der Waals surface area contributed by atoms with Crippen LogP contribution in [0.3, 0.4) is 0 Å². The van der Waals surface area contributed by atoms with Gasteiger partial charge in [0.1, 0.15) is 12.2 Å². The topological polar surface area (TPSA) is 134 Å². The molecule has 8 heteroatoms. The molecule has 0 aromatic carbocycles. The molecule has 0 saturated carbocycles. The molecule has 1 aliphatic heterocycles. The number of aliphatic hydroxyl groups excluding tert-OH is 4. The number of carbonyl (C=O) groups is 2. The van der Waals surface area contributed by atoms with Crippen molar-refractivity contribution < 1.29 is 39.5 Å². The van der Waals surface area contributed by atoms with Gasteiger partial charge in [0.15, 0.2) is 0 Å². The molecule has 0 aromatic heterocycles. The molecule has 288 valence electrons. The van der Waals surface area contributed by atoms with Gasteiger partial charge in [-0.3, -0.25) is 4.79 Å². The highest BCUT2D eigenvalue weighted by molar-refractivity contribution is 5.82. The molecule has 0 bridgehead atoms. The molecular weight excluding hydrogens is 644 g/mol. The summed E-state index contributed by atoms with van der Waals surface area (Å²) < 4.78 is 11.8. The van der Waals surface area contributed by atoms with Gasteiger partial charge in [0, 0.05) is 24.8 Å². The number of rotatable bonds is 17. The highest BCUT2D eigenvalue weighted by Gasteiger charge is 2.25. The molecule has 0 saturated heterocycles. The van der Waals surface area contributed by atoms with Gasteiger partial charge in [0.2, 0.25) is 0 Å². The van der Waals surface area contributed by atoms with Crippen molar-refractivity contribution in [3.63, 3.8) is 0 Å². The van der Waals surface area contributed by atoms with E-state index in [1.807, 2.05) is 71.1 Å². The zero-order chi connectivity index (χ0) is 38.5. The summed E-state index contributed by atoms with van der Waals surface area (Å²) in [4.78, 5) is 25.7. The Balaban J connectivity index is 2.77. The summed E-state index contributed by atoms with van der Waals surface area (Å²) in [6.07, 6.45) is 21.0. The molecule has 51 heavy (non-hydrogen) atoms. The highest BCUT2D eigenvalue weighted by atomic mass is 16.5. The third-order valence-electron chi connectivity index (χ3n) is 9.09. The van der Waals surface area contributed by atoms with Crippen LogP contribution >= 0.6 is 0 Å². The lowest BCUT2D eigenvalue weighted by molar-refractivity contribution is -0.151. The molecule has 0 amide bonds. The van der Waals surface area contributed by atoms with Crippen LogP contribution in [0.15, 0.2) is 83.1 Å². The van der Waals surface area contributed by atoms with Crippen LogP contribution in [0.5, 0.6) is 0 Å². The SMILES string of the molecule is CC(=C/C=C/C(C)=C/C[C@@H](O)C[C@H](C)O)C=C(C)/C=C/C(=O)O[C@H]1CCCC(=O)O[C@@H]([C@@H](C)C/C(C)=C/[C@@H](C)[C@H](O)C[C@@H](C)O)C/C=C/C[C@@H]1C. The summed E-state index contributed by atoms with van der Waals surface area (Å²) in [5, 5.41) is 39.2. The smallest absolute Gasteiger partial charge is 0.331 e. The van der Waals surface area contributed by atoms with E-state index in [4.69, 9.17) is 9.47 Å². The van der Waals surface area contributed by atoms with Gasteiger partial charge in [-0.05, 0) is 98.3 Å². The summed E-state index contributed by atoms with van der Waals surface area (Å²) in [5.74, 6) is -0.582. The Hall–Kier alpha value is -3.04. The Kier molecular flexibility index (Phi) is 22.6. The predicted molar refractivity (Wildman–Crippen MR) is 207 cm³/mol. The Labute approximate surface area is 308 Å². The van der Waals surface area contributed by atoms with E-state index in [1.165, 1.54) is 6.08 Å². The molecule has 0 aromatic rings. The molecule has 0 unspecified atom stereocenters. The number of cyclic esters (lactones) is 1. The van der Waals surface area contributed by atoms with Gasteiger partial charge in [-0.1, -0.05) is 97.7 Å². The van der Waals surface area contributed by atoms with Crippen LogP contribution in [-0.2, 0) is 19.1 Å². The maximum Gasteiger partial charge on any atom is 0.331 e. The third kappa shape index (κ3) is 21.8. The molecule has 9 atom stereocenters. The summed E-state index contributed by atoms with van der Waals surface area (Å²) in [6.45, 7) is 17.3. The minimum absolute atomic E-state index is 0.0808. The number of hydrogen-bond acceptors (Lipinski definition) is 8. The van der Waals surface area contributed by atoms with Crippen molar-refractivity contribution in [3.05, 3.63) is 83.1 Å². The lowest BCUT2D eigenvalue weighted by Gasteiger charge is -2.26. The summed E-state index contributed by atoms with van der Waals surface area (Å²) in [5.41, 5.74) is 4.05. The number of allylic oxidation sites excluding steroid dienone is 10. The van der Waals surface area contributed by atoms with Crippen molar-refractivity contribution in [1.82, 2.24) is 0 Å². The van der Waals surface area contributed by atoms with Crippen molar-refractivity contribution in [2.45, 2.75) is 157 Å². The summed E-state index contributed by atoms with van der Waals surface area (Å²) in [7, 11) is 0. The van der Waals surface area contributed by atoms with Crippen molar-refractivity contribution in [1.29, 1.82) is 0 Å². The van der Waals surface area contributed by atoms with E-state index in [1.54, 1.807) is 19.9 Å². The third-order valence-corrected chi connectivity index (χ3v) is 9.09. The second kappa shape index (κ2) is 25.0. The molecule has 1 heterocycles. The fourth-order valence-corrected chi connectivity index (χ4v) is 6.13. The first-order valence-electron chi connectivity index (χ1n) is 18.8. The zero-order valence-corrected chi connectivity index (χ0v) is 32.8. The van der Waals surface area contributed by atoms with Gasteiger partial charge in [-0.15, -0.1) is 0 Å². The first-order valence-corrected chi connectivity index (χ1v) is 18.8. The van der Waals surface area contributed by atoms with Gasteiger partial charge in [0.25, 0.3) is 0 Å². The molecule has 0 fully saturated rings. The normalized spacial score (nSPS) is 25.0. The Morgan fingerprint density at radius 3 is 2.25 bits per heavy atom. The van der Waals surface area contributed by atoms with E-state index in [9.17, 15) is 30.0 Å². The Morgan fingerprint density at radius 2 is 1.59 bits per heavy atom. The first-order chi connectivity index (χ1) is 24.0. The maximum absolute atomic E-state index is 12.9. The van der Waals surface area contributed by atoms with Gasteiger partial charge >= 0.3 is 11.9 Å². The van der Waals surface area contributed by atoms with E-state index < -0.39 is 30.4 Å². The van der Waals surface area contributed by atoms with E-state index >= 15 is 0 Å². The van der Waals surface area contributed by atoms with E-state index in [0.29, 0.717) is 38.5 Å². The number of aliphatic hydroxyl groups is 4. The minimum atomic E-state index is -0.612. The van der Waals surface area contributed by atoms with E-state index in [-0.39, 0.29) is 42.4 Å². The lowest BCUT2D eigenvalue weighted by Crippen LogP contribution is -2.27. The largest absolute Gasteiger partial charge is 0.462 e. The molecule has 0 spiro atoms. The molecule has 1 aliphatic rings. The fraction of sp³-hybridized carbons (Fsp3) is 0.628. The van der Waals surface area contributed by atoms with Gasteiger partial charge in [-0.2, -0.15) is 0 Å². The first kappa shape index (κ1) is 46.0. The number of carbonyl (C=O) groups excluding carboxylic acids is 2. The van der Waals surface area contributed by atoms with Gasteiger partial charge in [0.05, 0.1) is 24.4 Å². The molecule has 4 N–H and O–H groups in total. The minimum Gasteiger partial charge on any atom is -0.462 e. The van der Waals surface area contributed by atoms with Crippen molar-refractivity contribution in [3.8, 4) is 0 Å². The second-order valence-electron chi connectivity index (χ2n) is 14.9. The Bertz CT molecular complexity index is 1260. The van der Waals surface area contributed by atoms with Crippen LogP contribution < -0.4 is 0 Å². The van der Waals surface area contributed by atoms with Crippen molar-refractivity contribution in [2.75, 3.05) is 0 Å². The van der Waals surface area contributed by atoms with Crippen LogP contribution in [0.2, 0.25) is 0 Å². The molecule has 0 radical (unpaired) electrons. The van der Waals surface area contributed by atoms with Crippen LogP contribution in [0.4, 0.5) is 0 Å². The molecule has 0 aliphatic carbocycles. The lowest BCUT2D eigenvalue weighted by atomic mass is 9.90. The Morgan fingerprint density at radius 1 is 0.922 bits per heavy atom. The standard InChI is InChI=1S/C43H68O8/c1-29(20-22-38(46)27-36(8)44)14-12-15-30(2)24-31(3)21-23-43(49)50-40-18-13-19-42(48)51-41(17-11-10-16-33(40)5)35(7)26-32(4)25-34(6)39(47)28-37(9)45/h10-12,14-15,20-21,23-25,33-41,44-47H,13,16-19,22,26-28H2,1-9H3/b11-10+,14-12+,23-21+,29-20+,30-15?,31-24?,32-25+/t33-,34+,35-,36-,37+,38+,39+,40-,41+/m0/s1. The van der Waals surface area contributed by atoms with Gasteiger partial charge < -0.3 is 29.9 Å². The average molecular weight is 713 g/mol. The quantitative estimate of drug-likeness (QED) is 0.0514. The average Bonchev–Trinajstić information content (AvgIpc) is 3.02. The maximum atomic E-state index is 12.9. The number of esters is 2. The van der Waals surface area contributed by atoms with Crippen LogP contribution in [0.1, 0.15) is 120 Å². The van der Waals surface area contributed by atoms with E-state index in [2.05, 4.69) is 26.0 Å². The zero-order valence-electron chi connectivity index (χ0n) is 32.8. The van der Waals surface area contributed by atoms with E-state index in [0.717, 1.165) is 35.1 Å². The van der Waals surface area contributed by atoms with Crippen LogP contribution in [-0.4, -0.2) is 69.0 Å². The summed E-state index contributed by atoms with van der Waals surface area (Å²) >= 11 is 0. The van der Waals surface area contributed by atoms with Crippen LogP contribution in [0.25, 0.3) is 0 Å². The monoisotopic (exact) mass is 712 g/mol. The second-order valence-corrected chi connectivity index (χ2v) is 14.9. The predicted octanol–water partition coefficient (Wildman–Crippen LogP) is 8.18. The number of hydrogen-bond donors (Lipinski definition) is 4. The number of ether oxygens (including phenoxy) is 2. The van der Waals surface area contributed by atoms with Crippen molar-refractivity contribution in [2.24, 2.45) is 17.8 Å². The highest BCUT2D eigenvalue weighted by Crippen LogP contribution is 2.26. The van der Waals surface area contributed by atoms with Crippen LogP contribution in [0, 0.1) is 17.8 Å². The van der Waals surface area contributed by atoms with Crippen molar-refractivity contribution >= 4 is 11.9 Å². The molecular formula is C43H68O8. The molecule has 1 rings (SSSR count).